The first-order chi connectivity index (χ1) is 11.3. The Bertz CT molecular complexity index is 1170. The summed E-state index contributed by atoms with van der Waals surface area (Å²) in [6.07, 6.45) is 0. The van der Waals surface area contributed by atoms with E-state index >= 15 is 0 Å². The lowest BCUT2D eigenvalue weighted by atomic mass is 10.1. The van der Waals surface area contributed by atoms with Gasteiger partial charge in [0.2, 0.25) is 5.71 Å². The molecule has 0 fully saturated rings. The van der Waals surface area contributed by atoms with Gasteiger partial charge in [0.1, 0.15) is 0 Å². The maximum absolute atomic E-state index is 6.08. The highest BCUT2D eigenvalue weighted by molar-refractivity contribution is 9.10. The van der Waals surface area contributed by atoms with Crippen molar-refractivity contribution in [3.63, 3.8) is 0 Å². The van der Waals surface area contributed by atoms with E-state index in [1.165, 1.54) is 16.5 Å². The highest BCUT2D eigenvalue weighted by atomic mass is 79.9. The molecule has 5 rings (SSSR count). The third kappa shape index (κ3) is 1.80. The SMILES string of the molecule is Brc1c2ccccc2n2c1oc1ccc(-c3ccccc3)cc12. The van der Waals surface area contributed by atoms with Gasteiger partial charge in [-0.3, -0.25) is 4.40 Å². The Morgan fingerprint density at radius 3 is 2.39 bits per heavy atom. The third-order valence-corrected chi connectivity index (χ3v) is 5.05. The van der Waals surface area contributed by atoms with Crippen LogP contribution in [0.5, 0.6) is 0 Å². The highest BCUT2D eigenvalue weighted by Crippen LogP contribution is 2.37. The van der Waals surface area contributed by atoms with Crippen molar-refractivity contribution in [2.24, 2.45) is 0 Å². The van der Waals surface area contributed by atoms with E-state index in [0.717, 1.165) is 26.8 Å². The predicted molar refractivity (Wildman–Crippen MR) is 97.8 cm³/mol. The van der Waals surface area contributed by atoms with E-state index in [0.29, 0.717) is 0 Å². The van der Waals surface area contributed by atoms with Crippen molar-refractivity contribution in [2.45, 2.75) is 0 Å². The first kappa shape index (κ1) is 13.0. The molecule has 2 heterocycles. The number of oxazole rings is 1. The standard InChI is InChI=1S/C20H12BrNO/c21-19-15-8-4-5-9-16(15)22-17-12-14(13-6-2-1-3-7-13)10-11-18(17)23-20(19)22/h1-12H. The second-order valence-corrected chi connectivity index (χ2v) is 6.42. The molecule has 0 radical (unpaired) electrons. The van der Waals surface area contributed by atoms with Gasteiger partial charge >= 0.3 is 0 Å². The Balaban J connectivity index is 1.91. The van der Waals surface area contributed by atoms with Crippen molar-refractivity contribution in [3.8, 4) is 11.1 Å². The van der Waals surface area contributed by atoms with Gasteiger partial charge in [-0.2, -0.15) is 0 Å². The van der Waals surface area contributed by atoms with E-state index < -0.39 is 0 Å². The first-order valence-corrected chi connectivity index (χ1v) is 8.29. The number of aromatic nitrogens is 1. The fourth-order valence-electron chi connectivity index (χ4n) is 3.20. The first-order valence-electron chi connectivity index (χ1n) is 7.49. The zero-order valence-corrected chi connectivity index (χ0v) is 13.7. The van der Waals surface area contributed by atoms with E-state index in [9.17, 15) is 0 Å². The van der Waals surface area contributed by atoms with Gasteiger partial charge in [-0.15, -0.1) is 0 Å². The monoisotopic (exact) mass is 361 g/mol. The lowest BCUT2D eigenvalue weighted by molar-refractivity contribution is 0.655. The summed E-state index contributed by atoms with van der Waals surface area (Å²) in [6, 6.07) is 25.1. The molecule has 5 aromatic rings. The average molecular weight is 362 g/mol. The van der Waals surface area contributed by atoms with E-state index in [4.69, 9.17) is 4.42 Å². The number of nitrogens with zero attached hydrogens (tertiary/aromatic N) is 1. The van der Waals surface area contributed by atoms with Crippen LogP contribution >= 0.6 is 15.9 Å². The summed E-state index contributed by atoms with van der Waals surface area (Å²) in [4.78, 5) is 0. The van der Waals surface area contributed by atoms with Crippen molar-refractivity contribution in [1.82, 2.24) is 4.40 Å². The van der Waals surface area contributed by atoms with Gasteiger partial charge in [0.15, 0.2) is 5.58 Å². The number of halogens is 1. The van der Waals surface area contributed by atoms with Crippen LogP contribution in [0.3, 0.4) is 0 Å². The molecule has 3 aromatic carbocycles. The summed E-state index contributed by atoms with van der Waals surface area (Å²) < 4.78 is 9.26. The van der Waals surface area contributed by atoms with Crippen LogP contribution < -0.4 is 0 Å². The van der Waals surface area contributed by atoms with Crippen molar-refractivity contribution in [3.05, 3.63) is 77.3 Å². The second kappa shape index (κ2) is 4.74. The minimum absolute atomic E-state index is 0.853. The Kier molecular flexibility index (Phi) is 2.67. The number of hydrogen-bond acceptors (Lipinski definition) is 1. The summed E-state index contributed by atoms with van der Waals surface area (Å²) >= 11 is 3.68. The van der Waals surface area contributed by atoms with Gasteiger partial charge in [0.05, 0.1) is 15.5 Å². The summed E-state index contributed by atoms with van der Waals surface area (Å²) in [5.41, 5.74) is 6.38. The number of hydrogen-bond donors (Lipinski definition) is 0. The Morgan fingerprint density at radius 1 is 0.739 bits per heavy atom. The van der Waals surface area contributed by atoms with Gasteiger partial charge in [-0.1, -0.05) is 54.6 Å². The van der Waals surface area contributed by atoms with Crippen molar-refractivity contribution >= 4 is 43.6 Å². The fourth-order valence-corrected chi connectivity index (χ4v) is 3.79. The summed E-state index contributed by atoms with van der Waals surface area (Å²) in [6.45, 7) is 0. The highest BCUT2D eigenvalue weighted by Gasteiger charge is 2.16. The van der Waals surface area contributed by atoms with Gasteiger partial charge in [0.25, 0.3) is 0 Å². The molecule has 3 heteroatoms. The van der Waals surface area contributed by atoms with E-state index in [2.05, 4.69) is 74.9 Å². The fraction of sp³-hybridized carbons (Fsp3) is 0. The molecule has 0 aliphatic heterocycles. The molecule has 0 aliphatic rings. The number of benzene rings is 3. The minimum Gasteiger partial charge on any atom is -0.437 e. The molecule has 0 aliphatic carbocycles. The molecule has 0 spiro atoms. The Hall–Kier alpha value is -2.52. The van der Waals surface area contributed by atoms with Crippen LogP contribution in [-0.2, 0) is 0 Å². The molecule has 0 saturated carbocycles. The van der Waals surface area contributed by atoms with Crippen molar-refractivity contribution in [2.75, 3.05) is 0 Å². The molecular formula is C20H12BrNO. The van der Waals surface area contributed by atoms with Crippen LogP contribution in [0.15, 0.2) is 81.7 Å². The summed E-state index contributed by atoms with van der Waals surface area (Å²) in [5, 5.41) is 1.17. The van der Waals surface area contributed by atoms with Crippen molar-refractivity contribution < 1.29 is 4.42 Å². The maximum Gasteiger partial charge on any atom is 0.220 e. The molecule has 0 N–H and O–H groups in total. The molecule has 110 valence electrons. The zero-order chi connectivity index (χ0) is 15.4. The lowest BCUT2D eigenvalue weighted by Gasteiger charge is -2.01. The maximum atomic E-state index is 6.08. The van der Waals surface area contributed by atoms with Crippen LogP contribution in [0.2, 0.25) is 0 Å². The zero-order valence-electron chi connectivity index (χ0n) is 12.2. The van der Waals surface area contributed by atoms with E-state index in [-0.39, 0.29) is 0 Å². The molecule has 0 amide bonds. The molecule has 2 nitrogen and oxygen atoms in total. The lowest BCUT2D eigenvalue weighted by Crippen LogP contribution is -1.82. The summed E-state index contributed by atoms with van der Waals surface area (Å²) in [7, 11) is 0. The van der Waals surface area contributed by atoms with Crippen molar-refractivity contribution in [1.29, 1.82) is 0 Å². The minimum atomic E-state index is 0.853. The largest absolute Gasteiger partial charge is 0.437 e. The molecular weight excluding hydrogens is 350 g/mol. The third-order valence-electron chi connectivity index (χ3n) is 4.29. The molecule has 0 unspecified atom stereocenters. The van der Waals surface area contributed by atoms with Crippen LogP contribution in [0.4, 0.5) is 0 Å². The molecule has 0 atom stereocenters. The van der Waals surface area contributed by atoms with Gasteiger partial charge in [0, 0.05) is 5.39 Å². The van der Waals surface area contributed by atoms with Gasteiger partial charge in [-0.05, 0) is 45.3 Å². The number of para-hydroxylation sites is 1. The van der Waals surface area contributed by atoms with E-state index in [1.807, 2.05) is 18.2 Å². The van der Waals surface area contributed by atoms with Crippen LogP contribution in [0.25, 0.3) is 38.8 Å². The van der Waals surface area contributed by atoms with Crippen LogP contribution in [0, 0.1) is 0 Å². The van der Waals surface area contributed by atoms with E-state index in [1.54, 1.807) is 0 Å². The molecule has 0 saturated heterocycles. The normalized spacial score (nSPS) is 11.7. The summed E-state index contributed by atoms with van der Waals surface area (Å²) in [5.74, 6) is 0. The number of rotatable bonds is 1. The number of fused-ring (bicyclic) bond motifs is 5. The quantitative estimate of drug-likeness (QED) is 0.344. The molecule has 2 aromatic heterocycles. The average Bonchev–Trinajstić information content (AvgIpc) is 3.12. The second-order valence-electron chi connectivity index (χ2n) is 5.62. The van der Waals surface area contributed by atoms with Gasteiger partial charge < -0.3 is 4.42 Å². The Labute approximate surface area is 141 Å². The van der Waals surface area contributed by atoms with Gasteiger partial charge in [-0.25, -0.2) is 0 Å². The predicted octanol–water partition coefficient (Wildman–Crippen LogP) is 6.27. The topological polar surface area (TPSA) is 17.6 Å². The molecule has 23 heavy (non-hydrogen) atoms. The molecule has 0 bridgehead atoms. The smallest absolute Gasteiger partial charge is 0.220 e. The Morgan fingerprint density at radius 2 is 1.52 bits per heavy atom. The van der Waals surface area contributed by atoms with Crippen LogP contribution in [-0.4, -0.2) is 4.40 Å². The van der Waals surface area contributed by atoms with Crippen LogP contribution in [0.1, 0.15) is 0 Å².